The minimum absolute atomic E-state index is 0.532. The largest absolute Gasteiger partial charge is 0.381 e. The van der Waals surface area contributed by atoms with Gasteiger partial charge in [-0.3, -0.25) is 4.90 Å². The highest BCUT2D eigenvalue weighted by Crippen LogP contribution is 2.26. The van der Waals surface area contributed by atoms with Crippen molar-refractivity contribution in [1.82, 2.24) is 14.9 Å². The van der Waals surface area contributed by atoms with E-state index in [9.17, 15) is 0 Å². The van der Waals surface area contributed by atoms with Gasteiger partial charge in [0.1, 0.15) is 12.1 Å². The van der Waals surface area contributed by atoms with E-state index in [1.807, 2.05) is 0 Å². The van der Waals surface area contributed by atoms with E-state index in [2.05, 4.69) is 45.3 Å². The first-order chi connectivity index (χ1) is 11.8. The lowest BCUT2D eigenvalue weighted by Gasteiger charge is -2.32. The van der Waals surface area contributed by atoms with Crippen molar-refractivity contribution in [3.63, 3.8) is 0 Å². The van der Waals surface area contributed by atoms with E-state index in [4.69, 9.17) is 4.74 Å². The highest BCUT2D eigenvalue weighted by molar-refractivity contribution is 5.89. The molecule has 0 unspecified atom stereocenters. The van der Waals surface area contributed by atoms with E-state index in [0.717, 1.165) is 36.5 Å². The lowest BCUT2D eigenvalue weighted by atomic mass is 9.97. The first-order valence-corrected chi connectivity index (χ1v) is 9.08. The summed E-state index contributed by atoms with van der Waals surface area (Å²) in [6, 6.07) is 6.87. The molecule has 5 nitrogen and oxygen atoms in total. The van der Waals surface area contributed by atoms with Crippen molar-refractivity contribution in [2.24, 2.45) is 5.92 Å². The molecule has 0 saturated carbocycles. The Labute approximate surface area is 143 Å². The molecule has 2 aromatic rings. The van der Waals surface area contributed by atoms with E-state index in [1.54, 1.807) is 6.33 Å². The molecule has 2 aliphatic rings. The molecular formula is C19H26N4O. The van der Waals surface area contributed by atoms with Crippen molar-refractivity contribution in [2.45, 2.75) is 32.2 Å². The molecule has 2 saturated heterocycles. The van der Waals surface area contributed by atoms with Gasteiger partial charge in [0.15, 0.2) is 0 Å². The van der Waals surface area contributed by atoms with E-state index < -0.39 is 0 Å². The number of fused-ring (bicyclic) bond motifs is 1. The van der Waals surface area contributed by atoms with Crippen LogP contribution >= 0.6 is 0 Å². The van der Waals surface area contributed by atoms with Crippen LogP contribution in [0.5, 0.6) is 0 Å². The van der Waals surface area contributed by atoms with Crippen LogP contribution in [0, 0.1) is 12.8 Å². The molecule has 5 heteroatoms. The Morgan fingerprint density at radius 1 is 1.29 bits per heavy atom. The van der Waals surface area contributed by atoms with Gasteiger partial charge in [0.2, 0.25) is 0 Å². The van der Waals surface area contributed by atoms with Crippen molar-refractivity contribution in [3.05, 3.63) is 30.1 Å². The van der Waals surface area contributed by atoms with Crippen LogP contribution in [0.25, 0.3) is 10.9 Å². The summed E-state index contributed by atoms with van der Waals surface area (Å²) in [4.78, 5) is 11.5. The van der Waals surface area contributed by atoms with Crippen molar-refractivity contribution in [2.75, 3.05) is 38.2 Å². The van der Waals surface area contributed by atoms with Gasteiger partial charge < -0.3 is 10.1 Å². The molecule has 0 aliphatic carbocycles. The normalized spacial score (nSPS) is 23.0. The van der Waals surface area contributed by atoms with Crippen LogP contribution in [0.15, 0.2) is 24.5 Å². The second-order valence-electron chi connectivity index (χ2n) is 7.06. The highest BCUT2D eigenvalue weighted by Gasteiger charge is 2.31. The SMILES string of the molecule is Cc1ccc2ncnc(NC[C@H]([C@H]3CCOC3)N3CCCC3)c2c1. The summed E-state index contributed by atoms with van der Waals surface area (Å²) in [5, 5.41) is 4.73. The number of hydrogen-bond acceptors (Lipinski definition) is 5. The van der Waals surface area contributed by atoms with E-state index in [1.165, 1.54) is 37.9 Å². The molecule has 128 valence electrons. The number of benzene rings is 1. The van der Waals surface area contributed by atoms with Crippen LogP contribution in [0.3, 0.4) is 0 Å². The second kappa shape index (κ2) is 7.03. The number of rotatable bonds is 5. The summed E-state index contributed by atoms with van der Waals surface area (Å²) in [5.41, 5.74) is 2.24. The van der Waals surface area contributed by atoms with Gasteiger partial charge in [-0.1, -0.05) is 11.6 Å². The zero-order valence-corrected chi connectivity index (χ0v) is 14.4. The minimum atomic E-state index is 0.532. The Hall–Kier alpha value is -1.72. The number of ether oxygens (including phenoxy) is 1. The molecular weight excluding hydrogens is 300 g/mol. The number of likely N-dealkylation sites (tertiary alicyclic amines) is 1. The maximum Gasteiger partial charge on any atom is 0.137 e. The average Bonchev–Trinajstić information content (AvgIpc) is 3.29. The topological polar surface area (TPSA) is 50.3 Å². The van der Waals surface area contributed by atoms with E-state index in [-0.39, 0.29) is 0 Å². The van der Waals surface area contributed by atoms with Gasteiger partial charge >= 0.3 is 0 Å². The third kappa shape index (κ3) is 3.23. The van der Waals surface area contributed by atoms with Crippen LogP contribution < -0.4 is 5.32 Å². The average molecular weight is 326 g/mol. The Bertz CT molecular complexity index is 677. The molecule has 3 heterocycles. The van der Waals surface area contributed by atoms with E-state index >= 15 is 0 Å². The zero-order chi connectivity index (χ0) is 16.4. The van der Waals surface area contributed by atoms with Crippen molar-refractivity contribution < 1.29 is 4.74 Å². The minimum Gasteiger partial charge on any atom is -0.381 e. The second-order valence-corrected chi connectivity index (χ2v) is 7.06. The number of anilines is 1. The Kier molecular flexibility index (Phi) is 4.63. The molecule has 1 N–H and O–H groups in total. The van der Waals surface area contributed by atoms with Crippen LogP contribution in [-0.4, -0.2) is 53.8 Å². The third-order valence-electron chi connectivity index (χ3n) is 5.39. The molecule has 0 amide bonds. The predicted octanol–water partition coefficient (Wildman–Crippen LogP) is 2.85. The maximum absolute atomic E-state index is 5.66. The van der Waals surface area contributed by atoms with Crippen molar-refractivity contribution in [3.8, 4) is 0 Å². The number of aromatic nitrogens is 2. The summed E-state index contributed by atoms with van der Waals surface area (Å²) < 4.78 is 5.66. The smallest absolute Gasteiger partial charge is 0.137 e. The molecule has 2 fully saturated rings. The van der Waals surface area contributed by atoms with Gasteiger partial charge in [-0.2, -0.15) is 0 Å². The molecule has 2 aliphatic heterocycles. The van der Waals surface area contributed by atoms with Crippen LogP contribution in [0.4, 0.5) is 5.82 Å². The summed E-state index contributed by atoms with van der Waals surface area (Å²) in [7, 11) is 0. The van der Waals surface area contributed by atoms with Gasteiger partial charge in [0, 0.05) is 30.5 Å². The monoisotopic (exact) mass is 326 g/mol. The molecule has 0 radical (unpaired) electrons. The third-order valence-corrected chi connectivity index (χ3v) is 5.39. The van der Waals surface area contributed by atoms with Gasteiger partial charge in [0.25, 0.3) is 0 Å². The molecule has 2 atom stereocenters. The lowest BCUT2D eigenvalue weighted by molar-refractivity contribution is 0.142. The molecule has 1 aromatic heterocycles. The molecule has 24 heavy (non-hydrogen) atoms. The summed E-state index contributed by atoms with van der Waals surface area (Å²) in [6.45, 7) is 7.27. The van der Waals surface area contributed by atoms with Gasteiger partial charge in [0.05, 0.1) is 12.1 Å². The Morgan fingerprint density at radius 3 is 2.96 bits per heavy atom. The highest BCUT2D eigenvalue weighted by atomic mass is 16.5. The van der Waals surface area contributed by atoms with Gasteiger partial charge in [-0.15, -0.1) is 0 Å². The summed E-state index contributed by atoms with van der Waals surface area (Å²) in [5.74, 6) is 1.58. The first kappa shape index (κ1) is 15.8. The fourth-order valence-corrected chi connectivity index (χ4v) is 4.04. The molecule has 1 aromatic carbocycles. The molecule has 0 spiro atoms. The quantitative estimate of drug-likeness (QED) is 0.915. The number of nitrogens with zero attached hydrogens (tertiary/aromatic N) is 3. The molecule has 0 bridgehead atoms. The van der Waals surface area contributed by atoms with Crippen LogP contribution in [-0.2, 0) is 4.74 Å². The van der Waals surface area contributed by atoms with Gasteiger partial charge in [-0.25, -0.2) is 9.97 Å². The fraction of sp³-hybridized carbons (Fsp3) is 0.579. The van der Waals surface area contributed by atoms with Gasteiger partial charge in [-0.05, 0) is 51.4 Å². The van der Waals surface area contributed by atoms with Crippen LogP contribution in [0.2, 0.25) is 0 Å². The van der Waals surface area contributed by atoms with Crippen molar-refractivity contribution >= 4 is 16.7 Å². The standard InChI is InChI=1S/C19H26N4O/c1-14-4-5-17-16(10-14)19(22-13-21-17)20-11-18(15-6-9-24-12-15)23-7-2-3-8-23/h4-5,10,13,15,18H,2-3,6-9,11-12H2,1H3,(H,20,21,22)/t15-,18+/m0/s1. The Balaban J connectivity index is 1.54. The maximum atomic E-state index is 5.66. The van der Waals surface area contributed by atoms with Crippen molar-refractivity contribution in [1.29, 1.82) is 0 Å². The summed E-state index contributed by atoms with van der Waals surface area (Å²) in [6.07, 6.45) is 5.47. The van der Waals surface area contributed by atoms with E-state index in [0.29, 0.717) is 12.0 Å². The fourth-order valence-electron chi connectivity index (χ4n) is 4.04. The zero-order valence-electron chi connectivity index (χ0n) is 14.4. The lowest BCUT2D eigenvalue weighted by Crippen LogP contribution is -2.44. The number of nitrogens with one attached hydrogen (secondary N) is 1. The molecule has 4 rings (SSSR count). The number of aryl methyl sites for hydroxylation is 1. The summed E-state index contributed by atoms with van der Waals surface area (Å²) >= 11 is 0. The first-order valence-electron chi connectivity index (χ1n) is 9.08. The number of hydrogen-bond donors (Lipinski definition) is 1. The predicted molar refractivity (Wildman–Crippen MR) is 96.3 cm³/mol. The van der Waals surface area contributed by atoms with Crippen LogP contribution in [0.1, 0.15) is 24.8 Å². The Morgan fingerprint density at radius 2 is 2.17 bits per heavy atom.